The number of carbonyl (C=O) groups is 1. The van der Waals surface area contributed by atoms with Gasteiger partial charge in [-0.2, -0.15) is 10.2 Å². The van der Waals surface area contributed by atoms with Crippen LogP contribution in [0.3, 0.4) is 0 Å². The molecule has 2 aromatic carbocycles. The molecule has 2 rings (SSSR count). The molecule has 0 aliphatic heterocycles. The zero-order chi connectivity index (χ0) is 18.4. The molecule has 1 N–H and O–H groups in total. The van der Waals surface area contributed by atoms with E-state index in [1.165, 1.54) is 0 Å². The van der Waals surface area contributed by atoms with Crippen LogP contribution in [0.5, 0.6) is 0 Å². The van der Waals surface area contributed by atoms with Gasteiger partial charge in [0, 0.05) is 10.7 Å². The second-order valence-electron chi connectivity index (χ2n) is 5.44. The largest absolute Gasteiger partial charge is 0.378 e. The Morgan fingerprint density at radius 2 is 1.52 bits per heavy atom. The molecule has 0 fully saturated rings. The van der Waals surface area contributed by atoms with Gasteiger partial charge >= 0.3 is 0 Å². The van der Waals surface area contributed by atoms with Gasteiger partial charge in [0.05, 0.1) is 17.9 Å². The molecule has 5 nitrogen and oxygen atoms in total. The normalized spacial score (nSPS) is 11.9. The molecule has 132 valence electrons. The summed E-state index contributed by atoms with van der Waals surface area (Å²) in [5.74, 6) is -0.0380. The van der Waals surface area contributed by atoms with Crippen LogP contribution in [-0.4, -0.2) is 34.7 Å². The van der Waals surface area contributed by atoms with Crippen molar-refractivity contribution in [3.63, 3.8) is 0 Å². The summed E-state index contributed by atoms with van der Waals surface area (Å²) in [7, 11) is 3.61. The minimum Gasteiger partial charge on any atom is -0.378 e. The minimum atomic E-state index is -0.875. The summed E-state index contributed by atoms with van der Waals surface area (Å²) in [5, 5.41) is 12.1. The van der Waals surface area contributed by atoms with Crippen LogP contribution in [0.4, 0.5) is 17.1 Å². The SMILES string of the molecule is CN(C)C(Br)(Br)C(=O)CNc1ccc(N=Nc2ccc(Cl)cc2)cc1. The van der Waals surface area contributed by atoms with Gasteiger partial charge in [-0.15, -0.1) is 0 Å². The van der Waals surface area contributed by atoms with Crippen molar-refractivity contribution < 1.29 is 4.79 Å². The lowest BCUT2D eigenvalue weighted by atomic mass is 10.2. The fraction of sp³-hybridized carbons (Fsp3) is 0.235. The van der Waals surface area contributed by atoms with Crippen LogP contribution in [0.25, 0.3) is 0 Å². The van der Waals surface area contributed by atoms with E-state index in [9.17, 15) is 4.79 Å². The number of likely N-dealkylation sites (N-methyl/N-ethyl adjacent to an activating group) is 1. The van der Waals surface area contributed by atoms with E-state index in [-0.39, 0.29) is 12.3 Å². The number of ketones is 1. The molecule has 0 heterocycles. The molecule has 0 saturated carbocycles. The van der Waals surface area contributed by atoms with E-state index in [0.29, 0.717) is 5.02 Å². The molecule has 0 aromatic heterocycles. The van der Waals surface area contributed by atoms with Crippen LogP contribution in [0.2, 0.25) is 5.02 Å². The van der Waals surface area contributed by atoms with E-state index in [1.807, 2.05) is 38.4 Å². The van der Waals surface area contributed by atoms with Gasteiger partial charge in [0.15, 0.2) is 9.14 Å². The number of halogens is 3. The number of nitrogens with zero attached hydrogens (tertiary/aromatic N) is 3. The first kappa shape index (κ1) is 20.0. The molecule has 0 spiro atoms. The number of carbonyl (C=O) groups excluding carboxylic acids is 1. The zero-order valence-corrected chi connectivity index (χ0v) is 17.6. The molecule has 0 aliphatic rings. The number of anilines is 1. The van der Waals surface area contributed by atoms with E-state index < -0.39 is 3.36 Å². The highest BCUT2D eigenvalue weighted by atomic mass is 79.9. The van der Waals surface area contributed by atoms with Crippen LogP contribution in [0, 0.1) is 0 Å². The Morgan fingerprint density at radius 3 is 2.00 bits per heavy atom. The van der Waals surface area contributed by atoms with Gasteiger partial charge in [-0.3, -0.25) is 9.69 Å². The predicted molar refractivity (Wildman–Crippen MR) is 110 cm³/mol. The van der Waals surface area contributed by atoms with Gasteiger partial charge < -0.3 is 5.32 Å². The fourth-order valence-electron chi connectivity index (χ4n) is 1.81. The number of alkyl halides is 2. The maximum atomic E-state index is 12.2. The highest BCUT2D eigenvalue weighted by Gasteiger charge is 2.33. The number of Topliss-reactive ketones (excluding diaryl/α,β-unsaturated/α-hetero) is 1. The van der Waals surface area contributed by atoms with Crippen molar-refractivity contribution in [1.82, 2.24) is 4.90 Å². The van der Waals surface area contributed by atoms with Gasteiger partial charge in [0.25, 0.3) is 0 Å². The first-order valence-corrected chi connectivity index (χ1v) is 9.35. The third-order valence-corrected chi connectivity index (χ3v) is 5.88. The molecule has 0 radical (unpaired) electrons. The molecule has 25 heavy (non-hydrogen) atoms. The first-order chi connectivity index (χ1) is 11.8. The van der Waals surface area contributed by atoms with Gasteiger partial charge in [-0.05, 0) is 94.5 Å². The predicted octanol–water partition coefficient (Wildman–Crippen LogP) is 5.74. The van der Waals surface area contributed by atoms with Crippen molar-refractivity contribution in [2.45, 2.75) is 3.36 Å². The topological polar surface area (TPSA) is 57.1 Å². The Morgan fingerprint density at radius 1 is 1.04 bits per heavy atom. The fourth-order valence-corrected chi connectivity index (χ4v) is 2.21. The Labute approximate surface area is 168 Å². The number of azo groups is 1. The van der Waals surface area contributed by atoms with Crippen LogP contribution < -0.4 is 5.32 Å². The van der Waals surface area contributed by atoms with Crippen LogP contribution in [-0.2, 0) is 4.79 Å². The first-order valence-electron chi connectivity index (χ1n) is 7.39. The zero-order valence-electron chi connectivity index (χ0n) is 13.7. The Bertz CT molecular complexity index is 746. The molecule has 0 saturated heterocycles. The van der Waals surface area contributed by atoms with Crippen LogP contribution in [0.1, 0.15) is 0 Å². The quantitative estimate of drug-likeness (QED) is 0.307. The number of nitrogens with one attached hydrogen (secondary N) is 1. The summed E-state index contributed by atoms with van der Waals surface area (Å²) in [4.78, 5) is 13.9. The van der Waals surface area contributed by atoms with Crippen molar-refractivity contribution in [1.29, 1.82) is 0 Å². The van der Waals surface area contributed by atoms with Crippen molar-refractivity contribution in [2.24, 2.45) is 10.2 Å². The molecule has 0 aliphatic carbocycles. The van der Waals surface area contributed by atoms with Gasteiger partial charge in [-0.25, -0.2) is 0 Å². The molecule has 8 heteroatoms. The third kappa shape index (κ3) is 5.88. The highest BCUT2D eigenvalue weighted by molar-refractivity contribution is 9.25. The van der Waals surface area contributed by atoms with Gasteiger partial charge in [0.1, 0.15) is 0 Å². The van der Waals surface area contributed by atoms with Crippen LogP contribution >= 0.6 is 43.5 Å². The number of hydrogen-bond acceptors (Lipinski definition) is 5. The molecule has 2 aromatic rings. The Kier molecular flexibility index (Phi) is 7.13. The summed E-state index contributed by atoms with van der Waals surface area (Å²) in [5.41, 5.74) is 2.27. The lowest BCUT2D eigenvalue weighted by molar-refractivity contribution is -0.119. The van der Waals surface area contributed by atoms with Gasteiger partial charge in [-0.1, -0.05) is 11.6 Å². The van der Waals surface area contributed by atoms with Crippen molar-refractivity contribution in [2.75, 3.05) is 26.0 Å². The number of rotatable bonds is 7. The molecule has 0 atom stereocenters. The smallest absolute Gasteiger partial charge is 0.193 e. The van der Waals surface area contributed by atoms with Crippen LogP contribution in [0.15, 0.2) is 58.8 Å². The average molecular weight is 489 g/mol. The summed E-state index contributed by atoms with van der Waals surface area (Å²) in [6.07, 6.45) is 0. The Hall–Kier alpha value is -1.28. The molecular weight excluding hydrogens is 471 g/mol. The van der Waals surface area contributed by atoms with Crippen molar-refractivity contribution >= 4 is 66.3 Å². The number of benzene rings is 2. The lowest BCUT2D eigenvalue weighted by Gasteiger charge is -2.26. The molecule has 0 bridgehead atoms. The summed E-state index contributed by atoms with van der Waals surface area (Å²) >= 11 is 12.6. The third-order valence-electron chi connectivity index (χ3n) is 3.33. The van der Waals surface area contributed by atoms with E-state index in [4.69, 9.17) is 11.6 Å². The van der Waals surface area contributed by atoms with E-state index in [0.717, 1.165) is 17.1 Å². The van der Waals surface area contributed by atoms with E-state index >= 15 is 0 Å². The summed E-state index contributed by atoms with van der Waals surface area (Å²) < 4.78 is -0.875. The second kappa shape index (κ2) is 8.89. The highest BCUT2D eigenvalue weighted by Crippen LogP contribution is 2.29. The second-order valence-corrected chi connectivity index (χ2v) is 9.23. The lowest BCUT2D eigenvalue weighted by Crippen LogP contribution is -2.42. The maximum absolute atomic E-state index is 12.2. The van der Waals surface area contributed by atoms with Crippen molar-refractivity contribution in [3.05, 3.63) is 53.6 Å². The van der Waals surface area contributed by atoms with E-state index in [2.05, 4.69) is 47.4 Å². The molecule has 0 amide bonds. The maximum Gasteiger partial charge on any atom is 0.193 e. The van der Waals surface area contributed by atoms with Crippen molar-refractivity contribution in [3.8, 4) is 0 Å². The molecule has 0 unspecified atom stereocenters. The monoisotopic (exact) mass is 486 g/mol. The standard InChI is InChI=1S/C17H17Br2ClN4O/c1-24(2)17(18,19)16(25)11-21-13-7-9-15(10-8-13)23-22-14-5-3-12(20)4-6-14/h3-10,21H,11H2,1-2H3. The average Bonchev–Trinajstić information content (AvgIpc) is 2.59. The Balaban J connectivity index is 1.93. The molecular formula is C17H17Br2ClN4O. The minimum absolute atomic E-state index is 0.0380. The summed E-state index contributed by atoms with van der Waals surface area (Å²) in [6, 6.07) is 14.5. The number of hydrogen-bond donors (Lipinski definition) is 1. The summed E-state index contributed by atoms with van der Waals surface area (Å²) in [6.45, 7) is 0.181. The van der Waals surface area contributed by atoms with Gasteiger partial charge in [0.2, 0.25) is 0 Å². The van der Waals surface area contributed by atoms with E-state index in [1.54, 1.807) is 29.2 Å².